The number of aliphatic hydroxyl groups is 1. The normalized spacial score (nSPS) is 22.1. The highest BCUT2D eigenvalue weighted by Gasteiger charge is 2.26. The third-order valence-corrected chi connectivity index (χ3v) is 9.67. The van der Waals surface area contributed by atoms with Gasteiger partial charge in [0.2, 0.25) is 0 Å². The second kappa shape index (κ2) is 15.6. The van der Waals surface area contributed by atoms with Gasteiger partial charge in [0.15, 0.2) is 11.5 Å². The molecule has 1 fully saturated rings. The Kier molecular flexibility index (Phi) is 11.0. The first-order valence-corrected chi connectivity index (χ1v) is 17.8. The average Bonchev–Trinajstić information content (AvgIpc) is 3.71. The third-order valence-electron chi connectivity index (χ3n) is 9.67. The average molecular weight is 694 g/mol. The van der Waals surface area contributed by atoms with Gasteiger partial charge in [0.25, 0.3) is 0 Å². The maximum atomic E-state index is 13.6. The number of carbonyl (C=O) groups excluding carboxylic acids is 1. The number of benzene rings is 1. The Bertz CT molecular complexity index is 1890. The fourth-order valence-corrected chi connectivity index (χ4v) is 6.40. The molecular formula is C39H51N9O3. The van der Waals surface area contributed by atoms with Crippen LogP contribution in [0.4, 0.5) is 10.6 Å². The Labute approximate surface area is 300 Å². The Balaban J connectivity index is 1.13. The van der Waals surface area contributed by atoms with Crippen molar-refractivity contribution in [3.8, 4) is 11.4 Å². The third kappa shape index (κ3) is 8.94. The molecule has 0 radical (unpaired) electrons. The van der Waals surface area contributed by atoms with Gasteiger partial charge in [-0.25, -0.2) is 9.48 Å². The van der Waals surface area contributed by atoms with Gasteiger partial charge in [-0.1, -0.05) is 69.4 Å². The van der Waals surface area contributed by atoms with Crippen LogP contribution in [0.1, 0.15) is 57.1 Å². The van der Waals surface area contributed by atoms with Crippen LogP contribution in [0.15, 0.2) is 85.1 Å². The smallest absolute Gasteiger partial charge is 0.320 e. The van der Waals surface area contributed by atoms with Crippen LogP contribution in [0.25, 0.3) is 11.3 Å². The molecule has 0 saturated carbocycles. The number of allylic oxidation sites excluding steroid dienone is 2. The van der Waals surface area contributed by atoms with Crippen LogP contribution in [0.5, 0.6) is 5.75 Å². The van der Waals surface area contributed by atoms with Gasteiger partial charge in [0, 0.05) is 43.6 Å². The Morgan fingerprint density at radius 3 is 2.65 bits per heavy atom. The molecule has 270 valence electrons. The van der Waals surface area contributed by atoms with Gasteiger partial charge in [0.1, 0.15) is 17.7 Å². The number of hydrogen-bond donors (Lipinski definition) is 3. The summed E-state index contributed by atoms with van der Waals surface area (Å²) in [6.45, 7) is 16.0. The van der Waals surface area contributed by atoms with E-state index >= 15 is 0 Å². The van der Waals surface area contributed by atoms with E-state index in [4.69, 9.17) is 9.84 Å². The SMILES string of the molecule is C=C1/C=C\C=C/C[C@H](Oc2ccc3nnc(CN4CCN(C)C(CO)C4)n3c2)CC[C@@H]1NC(=O)Nc1cc(C(C)(C)C)nn1-c1ccc(C)cc1. The molecule has 12 heteroatoms. The zero-order chi connectivity index (χ0) is 36.1. The Hall–Kier alpha value is -4.78. The summed E-state index contributed by atoms with van der Waals surface area (Å²) in [6.07, 6.45) is 11.8. The number of urea groups is 1. The molecule has 12 nitrogen and oxygen atoms in total. The Morgan fingerprint density at radius 2 is 1.88 bits per heavy atom. The van der Waals surface area contributed by atoms with Crippen LogP contribution >= 0.6 is 0 Å². The fourth-order valence-electron chi connectivity index (χ4n) is 6.40. The first kappa shape index (κ1) is 36.0. The van der Waals surface area contributed by atoms with Crippen LogP contribution in [0.3, 0.4) is 0 Å². The number of aryl methyl sites for hydroxylation is 1. The van der Waals surface area contributed by atoms with Crippen molar-refractivity contribution >= 4 is 17.5 Å². The molecule has 1 saturated heterocycles. The minimum Gasteiger partial charge on any atom is -0.489 e. The van der Waals surface area contributed by atoms with E-state index in [-0.39, 0.29) is 36.2 Å². The van der Waals surface area contributed by atoms with Gasteiger partial charge < -0.3 is 15.2 Å². The molecular weight excluding hydrogens is 642 g/mol. The second-order valence-electron chi connectivity index (χ2n) is 14.7. The molecule has 4 heterocycles. The summed E-state index contributed by atoms with van der Waals surface area (Å²) in [5.74, 6) is 2.15. The molecule has 1 aliphatic heterocycles. The number of aromatic nitrogens is 5. The topological polar surface area (TPSA) is 125 Å². The number of ether oxygens (including phenoxy) is 1. The van der Waals surface area contributed by atoms with Crippen LogP contribution in [-0.2, 0) is 12.0 Å². The number of hydrogen-bond acceptors (Lipinski definition) is 8. The summed E-state index contributed by atoms with van der Waals surface area (Å²) in [5, 5.41) is 29.7. The molecule has 6 rings (SSSR count). The van der Waals surface area contributed by atoms with Crippen molar-refractivity contribution in [1.29, 1.82) is 0 Å². The lowest BCUT2D eigenvalue weighted by atomic mass is 9.92. The van der Waals surface area contributed by atoms with Gasteiger partial charge in [0.05, 0.1) is 36.8 Å². The maximum Gasteiger partial charge on any atom is 0.320 e. The summed E-state index contributed by atoms with van der Waals surface area (Å²) >= 11 is 0. The molecule has 1 aromatic carbocycles. The second-order valence-corrected chi connectivity index (χ2v) is 14.7. The summed E-state index contributed by atoms with van der Waals surface area (Å²) < 4.78 is 10.3. The summed E-state index contributed by atoms with van der Waals surface area (Å²) in [6, 6.07) is 13.3. The maximum absolute atomic E-state index is 13.6. The van der Waals surface area contributed by atoms with E-state index in [2.05, 4.69) is 64.1 Å². The van der Waals surface area contributed by atoms with Crippen molar-refractivity contribution in [2.45, 2.75) is 77.1 Å². The molecule has 3 N–H and O–H groups in total. The molecule has 0 spiro atoms. The van der Waals surface area contributed by atoms with E-state index in [1.165, 1.54) is 0 Å². The minimum atomic E-state index is -0.329. The number of fused-ring (bicyclic) bond motifs is 1. The van der Waals surface area contributed by atoms with E-state index < -0.39 is 0 Å². The van der Waals surface area contributed by atoms with Gasteiger partial charge in [-0.15, -0.1) is 10.2 Å². The largest absolute Gasteiger partial charge is 0.489 e. The van der Waals surface area contributed by atoms with Crippen molar-refractivity contribution in [1.82, 2.24) is 39.5 Å². The molecule has 1 aliphatic carbocycles. The number of piperazine rings is 1. The van der Waals surface area contributed by atoms with E-state index in [0.29, 0.717) is 31.6 Å². The van der Waals surface area contributed by atoms with Crippen molar-refractivity contribution in [2.24, 2.45) is 0 Å². The molecule has 3 atom stereocenters. The van der Waals surface area contributed by atoms with E-state index in [1.54, 1.807) is 4.68 Å². The number of rotatable bonds is 8. The number of anilines is 1. The molecule has 51 heavy (non-hydrogen) atoms. The van der Waals surface area contributed by atoms with E-state index in [0.717, 1.165) is 59.4 Å². The van der Waals surface area contributed by atoms with Crippen molar-refractivity contribution < 1.29 is 14.6 Å². The molecule has 2 aliphatic rings. The van der Waals surface area contributed by atoms with Crippen molar-refractivity contribution in [2.75, 3.05) is 38.6 Å². The van der Waals surface area contributed by atoms with Gasteiger partial charge in [-0.05, 0) is 56.7 Å². The standard InChI is InChI=1S/C39H51N9O3/c1-27-12-14-29(15-13-27)48-36(22-34(44-48)39(3,4)5)41-38(50)40-33-18-16-31(11-9-7-8-10-28(33)2)51-32-17-19-35-42-43-37(47(35)24-32)25-46-21-20-45(6)30(23-46)26-49/h7-10,12-15,17,19,22,24,30-31,33,49H,2,11,16,18,20-21,23,25-26H2,1,3-6H3,(H2,40,41,50)/b9-7-,10-8-/t30?,31-,33-/m0/s1. The van der Waals surface area contributed by atoms with Crippen LogP contribution in [-0.4, -0.2) is 96.8 Å². The quantitative estimate of drug-likeness (QED) is 0.224. The first-order valence-electron chi connectivity index (χ1n) is 17.8. The lowest BCUT2D eigenvalue weighted by Gasteiger charge is -2.38. The van der Waals surface area contributed by atoms with Crippen LogP contribution < -0.4 is 15.4 Å². The molecule has 1 unspecified atom stereocenters. The number of pyridine rings is 1. The zero-order valence-electron chi connectivity index (χ0n) is 30.4. The van der Waals surface area contributed by atoms with Crippen molar-refractivity contribution in [3.05, 3.63) is 102 Å². The van der Waals surface area contributed by atoms with E-state index in [1.807, 2.05) is 85.3 Å². The fraction of sp³-hybridized carbons (Fsp3) is 0.436. The van der Waals surface area contributed by atoms with Gasteiger partial charge >= 0.3 is 6.03 Å². The minimum absolute atomic E-state index is 0.108. The van der Waals surface area contributed by atoms with Crippen molar-refractivity contribution in [3.63, 3.8) is 0 Å². The molecule has 0 bridgehead atoms. The monoisotopic (exact) mass is 693 g/mol. The molecule has 2 amide bonds. The number of likely N-dealkylation sites (N-methyl/N-ethyl adjacent to an activating group) is 1. The lowest BCUT2D eigenvalue weighted by molar-refractivity contribution is 0.0526. The van der Waals surface area contributed by atoms with Gasteiger partial charge in [-0.2, -0.15) is 5.10 Å². The zero-order valence-corrected chi connectivity index (χ0v) is 30.4. The van der Waals surface area contributed by atoms with E-state index in [9.17, 15) is 9.90 Å². The van der Waals surface area contributed by atoms with Crippen LogP contribution in [0, 0.1) is 6.92 Å². The predicted octanol–water partition coefficient (Wildman–Crippen LogP) is 5.42. The Morgan fingerprint density at radius 1 is 1.08 bits per heavy atom. The first-order chi connectivity index (χ1) is 24.5. The number of nitrogens with zero attached hydrogens (tertiary/aromatic N) is 7. The number of nitrogens with one attached hydrogen (secondary N) is 2. The van der Waals surface area contributed by atoms with Gasteiger partial charge in [-0.3, -0.25) is 19.5 Å². The molecule has 3 aromatic heterocycles. The lowest BCUT2D eigenvalue weighted by Crippen LogP contribution is -2.52. The summed E-state index contributed by atoms with van der Waals surface area (Å²) in [5.41, 5.74) is 4.26. The predicted molar refractivity (Wildman–Crippen MR) is 200 cm³/mol. The van der Waals surface area contributed by atoms with Crippen LogP contribution in [0.2, 0.25) is 0 Å². The summed E-state index contributed by atoms with van der Waals surface area (Å²) in [4.78, 5) is 18.1. The highest BCUT2D eigenvalue weighted by Crippen LogP contribution is 2.27. The molecule has 4 aromatic rings. The number of amides is 2. The highest BCUT2D eigenvalue weighted by molar-refractivity contribution is 5.89. The summed E-state index contributed by atoms with van der Waals surface area (Å²) in [7, 11) is 2.05. The highest BCUT2D eigenvalue weighted by atomic mass is 16.5. The number of carbonyl (C=O) groups is 1. The number of aliphatic hydroxyl groups excluding tert-OH is 1.